The number of aliphatic hydroxyl groups excluding tert-OH is 1. The average Bonchev–Trinajstić information content (AvgIpc) is 2.48. The third kappa shape index (κ3) is 2.72. The van der Waals surface area contributed by atoms with Crippen LogP contribution in [0.4, 0.5) is 0 Å². The number of aromatic nitrogens is 2. The van der Waals surface area contributed by atoms with E-state index in [2.05, 4.69) is 9.97 Å². The van der Waals surface area contributed by atoms with Gasteiger partial charge in [-0.1, -0.05) is 23.8 Å². The van der Waals surface area contributed by atoms with Crippen molar-refractivity contribution in [1.29, 1.82) is 0 Å². The maximum Gasteiger partial charge on any atom is 0.241 e. The summed E-state index contributed by atoms with van der Waals surface area (Å²) in [6.45, 7) is 3.92. The van der Waals surface area contributed by atoms with Crippen LogP contribution in [-0.2, 0) is 0 Å². The van der Waals surface area contributed by atoms with E-state index in [1.54, 1.807) is 0 Å². The van der Waals surface area contributed by atoms with Gasteiger partial charge in [-0.05, 0) is 25.0 Å². The highest BCUT2D eigenvalue weighted by Gasteiger charge is 2.21. The number of hydrogen-bond donors (Lipinski definition) is 1. The van der Waals surface area contributed by atoms with E-state index in [0.717, 1.165) is 16.7 Å². The van der Waals surface area contributed by atoms with Gasteiger partial charge in [0.05, 0.1) is 20.4 Å². The van der Waals surface area contributed by atoms with Crippen molar-refractivity contribution in [3.05, 3.63) is 46.8 Å². The molecule has 0 saturated heterocycles. The lowest BCUT2D eigenvalue weighted by atomic mass is 9.99. The summed E-state index contributed by atoms with van der Waals surface area (Å²) < 4.78 is 10.2. The normalized spacial score (nSPS) is 12.1. The summed E-state index contributed by atoms with van der Waals surface area (Å²) in [6.07, 6.45) is 0.579. The molecule has 5 nitrogen and oxygen atoms in total. The molecular weight excluding hydrogens is 256 g/mol. The molecule has 0 aliphatic heterocycles. The molecule has 0 saturated carbocycles. The highest BCUT2D eigenvalue weighted by molar-refractivity contribution is 5.38. The highest BCUT2D eigenvalue weighted by Crippen LogP contribution is 2.30. The van der Waals surface area contributed by atoms with Gasteiger partial charge in [-0.2, -0.15) is 4.98 Å². The molecule has 0 bridgehead atoms. The summed E-state index contributed by atoms with van der Waals surface area (Å²) in [4.78, 5) is 8.35. The van der Waals surface area contributed by atoms with Crippen molar-refractivity contribution in [3.8, 4) is 11.8 Å². The number of hydrogen-bond acceptors (Lipinski definition) is 5. The van der Waals surface area contributed by atoms with Gasteiger partial charge in [0, 0.05) is 0 Å². The first-order valence-electron chi connectivity index (χ1n) is 6.27. The molecule has 5 heteroatoms. The third-order valence-electron chi connectivity index (χ3n) is 3.14. The summed E-state index contributed by atoms with van der Waals surface area (Å²) in [5.74, 6) is 0.608. The van der Waals surface area contributed by atoms with Gasteiger partial charge in [0.1, 0.15) is 11.8 Å². The second-order valence-electron chi connectivity index (χ2n) is 4.57. The maximum absolute atomic E-state index is 10.5. The molecule has 2 rings (SSSR count). The monoisotopic (exact) mass is 274 g/mol. The predicted octanol–water partition coefficient (Wildman–Crippen LogP) is 2.19. The molecule has 1 aromatic heterocycles. The van der Waals surface area contributed by atoms with Crippen LogP contribution >= 0.6 is 0 Å². The predicted molar refractivity (Wildman–Crippen MR) is 75.1 cm³/mol. The molecule has 0 fully saturated rings. The van der Waals surface area contributed by atoms with Crippen LogP contribution in [0.5, 0.6) is 11.8 Å². The smallest absolute Gasteiger partial charge is 0.241 e. The fraction of sp³-hybridized carbons (Fsp3) is 0.333. The summed E-state index contributed by atoms with van der Waals surface area (Å²) in [6, 6.07) is 5.91. The number of ether oxygens (including phenoxy) is 2. The molecule has 1 aromatic carbocycles. The standard InChI is InChI=1S/C15H18N2O3/c1-9-5-6-10(2)11(7-9)14(18)13-15(20-4)17-12(19-3)8-16-13/h5-8,14,18H,1-4H3. The van der Waals surface area contributed by atoms with Crippen LogP contribution in [0.3, 0.4) is 0 Å². The van der Waals surface area contributed by atoms with E-state index in [1.807, 2.05) is 32.0 Å². The second-order valence-corrected chi connectivity index (χ2v) is 4.57. The molecule has 0 aliphatic carbocycles. The van der Waals surface area contributed by atoms with Crippen molar-refractivity contribution in [3.63, 3.8) is 0 Å². The van der Waals surface area contributed by atoms with E-state index < -0.39 is 6.10 Å². The molecule has 1 N–H and O–H groups in total. The van der Waals surface area contributed by atoms with Gasteiger partial charge in [-0.15, -0.1) is 0 Å². The van der Waals surface area contributed by atoms with E-state index in [-0.39, 0.29) is 5.88 Å². The van der Waals surface area contributed by atoms with Crippen LogP contribution in [-0.4, -0.2) is 29.3 Å². The third-order valence-corrected chi connectivity index (χ3v) is 3.14. The molecule has 106 valence electrons. The summed E-state index contributed by atoms with van der Waals surface area (Å²) >= 11 is 0. The molecule has 0 amide bonds. The Bertz CT molecular complexity index is 614. The number of nitrogens with zero attached hydrogens (tertiary/aromatic N) is 2. The lowest BCUT2D eigenvalue weighted by molar-refractivity contribution is 0.206. The van der Waals surface area contributed by atoms with Gasteiger partial charge in [0.25, 0.3) is 0 Å². The van der Waals surface area contributed by atoms with Gasteiger partial charge in [0.2, 0.25) is 11.8 Å². The lowest BCUT2D eigenvalue weighted by Crippen LogP contribution is -2.08. The zero-order valence-corrected chi connectivity index (χ0v) is 12.0. The quantitative estimate of drug-likeness (QED) is 0.926. The number of aliphatic hydroxyl groups is 1. The van der Waals surface area contributed by atoms with Crippen LogP contribution in [0.25, 0.3) is 0 Å². The second kappa shape index (κ2) is 5.88. The maximum atomic E-state index is 10.5. The van der Waals surface area contributed by atoms with Crippen LogP contribution in [0.2, 0.25) is 0 Å². The fourth-order valence-electron chi connectivity index (χ4n) is 2.00. The number of rotatable bonds is 4. The fourth-order valence-corrected chi connectivity index (χ4v) is 2.00. The molecule has 0 spiro atoms. The number of methoxy groups -OCH3 is 2. The molecule has 0 radical (unpaired) electrons. The van der Waals surface area contributed by atoms with E-state index in [1.165, 1.54) is 20.4 Å². The minimum Gasteiger partial charge on any atom is -0.480 e. The summed E-state index contributed by atoms with van der Waals surface area (Å²) in [7, 11) is 2.99. The SMILES string of the molecule is COc1cnc(C(O)c2cc(C)ccc2C)c(OC)n1. The molecular formula is C15H18N2O3. The number of benzene rings is 1. The Morgan fingerprint density at radius 1 is 1.15 bits per heavy atom. The highest BCUT2D eigenvalue weighted by atomic mass is 16.5. The molecule has 1 heterocycles. The van der Waals surface area contributed by atoms with Crippen molar-refractivity contribution in [2.24, 2.45) is 0 Å². The van der Waals surface area contributed by atoms with Crippen LogP contribution in [0, 0.1) is 13.8 Å². The van der Waals surface area contributed by atoms with Crippen molar-refractivity contribution in [2.75, 3.05) is 14.2 Å². The minimum absolute atomic E-state index is 0.262. The largest absolute Gasteiger partial charge is 0.480 e. The molecule has 0 aliphatic rings. The Morgan fingerprint density at radius 2 is 1.90 bits per heavy atom. The van der Waals surface area contributed by atoms with Gasteiger partial charge in [0.15, 0.2) is 0 Å². The first-order valence-corrected chi connectivity index (χ1v) is 6.27. The average molecular weight is 274 g/mol. The van der Waals surface area contributed by atoms with Crippen LogP contribution in [0.15, 0.2) is 24.4 Å². The minimum atomic E-state index is -0.886. The molecule has 1 unspecified atom stereocenters. The van der Waals surface area contributed by atoms with Gasteiger partial charge < -0.3 is 14.6 Å². The van der Waals surface area contributed by atoms with Gasteiger partial charge >= 0.3 is 0 Å². The topological polar surface area (TPSA) is 64.5 Å². The van der Waals surface area contributed by atoms with Crippen molar-refractivity contribution < 1.29 is 14.6 Å². The van der Waals surface area contributed by atoms with Crippen LogP contribution in [0.1, 0.15) is 28.5 Å². The Labute approximate surface area is 118 Å². The van der Waals surface area contributed by atoms with Crippen LogP contribution < -0.4 is 9.47 Å². The van der Waals surface area contributed by atoms with Crippen molar-refractivity contribution in [1.82, 2.24) is 9.97 Å². The van der Waals surface area contributed by atoms with E-state index in [9.17, 15) is 5.11 Å². The Balaban J connectivity index is 2.47. The lowest BCUT2D eigenvalue weighted by Gasteiger charge is -2.16. The molecule has 20 heavy (non-hydrogen) atoms. The van der Waals surface area contributed by atoms with Crippen molar-refractivity contribution >= 4 is 0 Å². The van der Waals surface area contributed by atoms with Gasteiger partial charge in [-0.3, -0.25) is 0 Å². The van der Waals surface area contributed by atoms with E-state index in [4.69, 9.17) is 9.47 Å². The first-order chi connectivity index (χ1) is 9.56. The first kappa shape index (κ1) is 14.3. The van der Waals surface area contributed by atoms with E-state index in [0.29, 0.717) is 11.6 Å². The molecule has 2 aromatic rings. The summed E-state index contributed by atoms with van der Waals surface area (Å²) in [5, 5.41) is 10.5. The van der Waals surface area contributed by atoms with Crippen molar-refractivity contribution in [2.45, 2.75) is 20.0 Å². The molecule has 1 atom stereocenters. The number of aryl methyl sites for hydroxylation is 2. The Morgan fingerprint density at radius 3 is 2.55 bits per heavy atom. The Hall–Kier alpha value is -2.14. The van der Waals surface area contributed by atoms with E-state index >= 15 is 0 Å². The zero-order chi connectivity index (χ0) is 14.7. The Kier molecular flexibility index (Phi) is 4.20. The zero-order valence-electron chi connectivity index (χ0n) is 12.0. The van der Waals surface area contributed by atoms with Gasteiger partial charge in [-0.25, -0.2) is 4.98 Å². The summed E-state index contributed by atoms with van der Waals surface area (Å²) in [5.41, 5.74) is 3.23.